The van der Waals surface area contributed by atoms with Crippen LogP contribution in [0.15, 0.2) is 73.3 Å². The average molecular weight is 531 g/mol. The molecule has 0 N–H and O–H groups in total. The van der Waals surface area contributed by atoms with Crippen LogP contribution in [-0.4, -0.2) is 6.61 Å². The summed E-state index contributed by atoms with van der Waals surface area (Å²) < 4.78 is 39.1. The van der Waals surface area contributed by atoms with E-state index < -0.39 is 11.6 Å². The fourth-order valence-corrected chi connectivity index (χ4v) is 6.66. The molecule has 0 spiro atoms. The highest BCUT2D eigenvalue weighted by Crippen LogP contribution is 2.49. The Balaban J connectivity index is 1.13. The van der Waals surface area contributed by atoms with Gasteiger partial charge in [0, 0.05) is 0 Å². The quantitative estimate of drug-likeness (QED) is 0.243. The molecule has 2 aliphatic rings. The summed E-state index contributed by atoms with van der Waals surface area (Å²) in [5.41, 5.74) is 5.25. The lowest BCUT2D eigenvalue weighted by Crippen LogP contribution is -2.29. The van der Waals surface area contributed by atoms with Gasteiger partial charge >= 0.3 is 0 Å². The van der Waals surface area contributed by atoms with Crippen LogP contribution in [0.25, 0.3) is 0 Å². The third kappa shape index (κ3) is 6.54. The number of halogens is 2. The molecule has 0 aromatic heterocycles. The largest absolute Gasteiger partial charge is 0.491 e. The summed E-state index contributed by atoms with van der Waals surface area (Å²) >= 11 is 0. The van der Waals surface area contributed by atoms with Gasteiger partial charge in [0.15, 0.2) is 11.5 Å². The van der Waals surface area contributed by atoms with E-state index in [0.717, 1.165) is 30.2 Å². The van der Waals surface area contributed by atoms with Crippen molar-refractivity contribution in [3.63, 3.8) is 0 Å². The van der Waals surface area contributed by atoms with Crippen molar-refractivity contribution in [2.75, 3.05) is 6.61 Å². The first-order valence-electron chi connectivity index (χ1n) is 14.6. The lowest BCUT2D eigenvalue weighted by Gasteiger charge is -2.42. The number of allylic oxidation sites excluding steroid dienone is 1. The number of rotatable bonds is 10. The van der Waals surface area contributed by atoms with Gasteiger partial charge in [0.2, 0.25) is 11.6 Å². The Hall–Kier alpha value is -3.14. The minimum Gasteiger partial charge on any atom is -0.491 e. The van der Waals surface area contributed by atoms with Gasteiger partial charge in [-0.2, -0.15) is 8.78 Å². The molecular formula is C35H40F2O2. The second kappa shape index (κ2) is 12.8. The highest BCUT2D eigenvalue weighted by molar-refractivity contribution is 5.35. The Morgan fingerprint density at radius 1 is 0.718 bits per heavy atom. The molecule has 0 bridgehead atoms. The molecule has 2 saturated carbocycles. The van der Waals surface area contributed by atoms with E-state index in [4.69, 9.17) is 9.47 Å². The molecule has 0 heterocycles. The first-order chi connectivity index (χ1) is 19.1. The molecule has 0 saturated heterocycles. The van der Waals surface area contributed by atoms with Crippen molar-refractivity contribution < 1.29 is 18.3 Å². The van der Waals surface area contributed by atoms with E-state index in [1.165, 1.54) is 67.3 Å². The van der Waals surface area contributed by atoms with E-state index in [-0.39, 0.29) is 24.7 Å². The van der Waals surface area contributed by atoms with Crippen molar-refractivity contribution in [1.29, 1.82) is 0 Å². The van der Waals surface area contributed by atoms with E-state index in [1.807, 2.05) is 6.08 Å². The predicted octanol–water partition coefficient (Wildman–Crippen LogP) is 9.53. The molecule has 4 heteroatoms. The Kier molecular flexibility index (Phi) is 9.01. The van der Waals surface area contributed by atoms with Gasteiger partial charge in [-0.05, 0) is 116 Å². The van der Waals surface area contributed by atoms with Gasteiger partial charge in [0.1, 0.15) is 6.61 Å². The topological polar surface area (TPSA) is 18.5 Å². The van der Waals surface area contributed by atoms with E-state index in [0.29, 0.717) is 11.8 Å². The molecule has 2 fully saturated rings. The smallest absolute Gasteiger partial charge is 0.204 e. The zero-order valence-electron chi connectivity index (χ0n) is 23.0. The molecule has 2 nitrogen and oxygen atoms in total. The second-order valence-electron chi connectivity index (χ2n) is 11.3. The maximum atomic E-state index is 14.3. The first kappa shape index (κ1) is 27.4. The summed E-state index contributed by atoms with van der Waals surface area (Å²) in [4.78, 5) is 0. The lowest BCUT2D eigenvalue weighted by atomic mass is 9.63. The van der Waals surface area contributed by atoms with Gasteiger partial charge in [0.25, 0.3) is 0 Å². The summed E-state index contributed by atoms with van der Waals surface area (Å²) in [7, 11) is 0. The third-order valence-corrected chi connectivity index (χ3v) is 8.86. The summed E-state index contributed by atoms with van der Waals surface area (Å²) in [6.07, 6.45) is 11.8. The van der Waals surface area contributed by atoms with Gasteiger partial charge in [0.05, 0.1) is 6.61 Å². The van der Waals surface area contributed by atoms with Crippen molar-refractivity contribution in [3.8, 4) is 11.5 Å². The Labute approximate surface area is 232 Å². The molecule has 206 valence electrons. The van der Waals surface area contributed by atoms with Gasteiger partial charge in [-0.25, -0.2) is 0 Å². The molecule has 4 atom stereocenters. The van der Waals surface area contributed by atoms with Gasteiger partial charge in [-0.3, -0.25) is 0 Å². The van der Waals surface area contributed by atoms with Crippen LogP contribution in [0, 0.1) is 23.5 Å². The van der Waals surface area contributed by atoms with Crippen LogP contribution >= 0.6 is 0 Å². The van der Waals surface area contributed by atoms with Gasteiger partial charge in [-0.1, -0.05) is 54.6 Å². The van der Waals surface area contributed by atoms with Crippen LogP contribution in [0.2, 0.25) is 0 Å². The Morgan fingerprint density at radius 2 is 1.23 bits per heavy atom. The molecule has 2 aliphatic carbocycles. The number of hydrogen-bond donors (Lipinski definition) is 0. The second-order valence-corrected chi connectivity index (χ2v) is 11.3. The van der Waals surface area contributed by atoms with E-state index in [9.17, 15) is 8.78 Å². The van der Waals surface area contributed by atoms with E-state index in [1.54, 1.807) is 6.92 Å². The maximum Gasteiger partial charge on any atom is 0.204 e. The minimum atomic E-state index is -1.01. The SMILES string of the molecule is C=CCCc1ccc(C2CCC3CC(c4ccc(COc5ccc(OCC)c(F)c5F)cc4)CCC3C2)cc1. The van der Waals surface area contributed by atoms with Crippen molar-refractivity contribution in [3.05, 3.63) is 107 Å². The van der Waals surface area contributed by atoms with Crippen LogP contribution < -0.4 is 9.47 Å². The predicted molar refractivity (Wildman–Crippen MR) is 153 cm³/mol. The number of fused-ring (bicyclic) bond motifs is 1. The van der Waals surface area contributed by atoms with Crippen LogP contribution in [0.3, 0.4) is 0 Å². The standard InChI is InChI=1S/C35H40F2O2/c1-3-5-6-24-7-11-26(12-8-24)28-15-17-31-22-29(16-18-30(31)21-28)27-13-9-25(10-14-27)23-39-33-20-19-32(38-4-2)34(36)35(33)37/h3,7-14,19-20,28-31H,1,4-6,15-18,21-23H2,2H3. The van der Waals surface area contributed by atoms with Crippen LogP contribution in [0.5, 0.6) is 11.5 Å². The molecule has 0 radical (unpaired) electrons. The van der Waals surface area contributed by atoms with Crippen LogP contribution in [0.1, 0.15) is 86.0 Å². The number of hydrogen-bond acceptors (Lipinski definition) is 2. The number of aryl methyl sites for hydroxylation is 1. The van der Waals surface area contributed by atoms with Crippen LogP contribution in [0.4, 0.5) is 8.78 Å². The average Bonchev–Trinajstić information content (AvgIpc) is 2.98. The first-order valence-corrected chi connectivity index (χ1v) is 14.6. The fraction of sp³-hybridized carbons (Fsp3) is 0.429. The summed E-state index contributed by atoms with van der Waals surface area (Å²) in [5.74, 6) is 0.728. The van der Waals surface area contributed by atoms with E-state index in [2.05, 4.69) is 55.1 Å². The van der Waals surface area contributed by atoms with Crippen LogP contribution in [-0.2, 0) is 13.0 Å². The van der Waals surface area contributed by atoms with Gasteiger partial charge in [-0.15, -0.1) is 6.58 Å². The fourth-order valence-electron chi connectivity index (χ4n) is 6.66. The van der Waals surface area contributed by atoms with Crippen molar-refractivity contribution in [1.82, 2.24) is 0 Å². The van der Waals surface area contributed by atoms with Crippen molar-refractivity contribution in [2.45, 2.75) is 76.7 Å². The molecular weight excluding hydrogens is 490 g/mol. The molecule has 4 unspecified atom stereocenters. The molecule has 3 aromatic carbocycles. The van der Waals surface area contributed by atoms with Gasteiger partial charge < -0.3 is 9.47 Å². The zero-order valence-corrected chi connectivity index (χ0v) is 23.0. The number of ether oxygens (including phenoxy) is 2. The molecule has 5 rings (SSSR count). The molecule has 0 aliphatic heterocycles. The van der Waals surface area contributed by atoms with Crippen molar-refractivity contribution in [2.24, 2.45) is 11.8 Å². The Bertz CT molecular complexity index is 1230. The lowest BCUT2D eigenvalue weighted by molar-refractivity contribution is 0.141. The molecule has 0 amide bonds. The summed E-state index contributed by atoms with van der Waals surface area (Å²) in [6, 6.07) is 20.7. The summed E-state index contributed by atoms with van der Waals surface area (Å²) in [6.45, 7) is 6.03. The minimum absolute atomic E-state index is 0.0940. The monoisotopic (exact) mass is 530 g/mol. The number of benzene rings is 3. The van der Waals surface area contributed by atoms with E-state index >= 15 is 0 Å². The summed E-state index contributed by atoms with van der Waals surface area (Å²) in [5, 5.41) is 0. The normalized spacial score (nSPS) is 22.6. The highest BCUT2D eigenvalue weighted by atomic mass is 19.2. The zero-order chi connectivity index (χ0) is 27.2. The third-order valence-electron chi connectivity index (χ3n) is 8.86. The maximum absolute atomic E-state index is 14.3. The molecule has 3 aromatic rings. The molecule has 39 heavy (non-hydrogen) atoms. The Morgan fingerprint density at radius 3 is 1.74 bits per heavy atom. The highest BCUT2D eigenvalue weighted by Gasteiger charge is 2.36. The van der Waals surface area contributed by atoms with Crippen molar-refractivity contribution >= 4 is 0 Å².